The fourth-order valence-electron chi connectivity index (χ4n) is 1.43. The Labute approximate surface area is 155 Å². The van der Waals surface area contributed by atoms with Crippen LogP contribution in [0.2, 0.25) is 0 Å². The predicted octanol–water partition coefficient (Wildman–Crippen LogP) is 4.98. The molecule has 120 valence electrons. The average Bonchev–Trinajstić information content (AvgIpc) is 2.55. The van der Waals surface area contributed by atoms with Gasteiger partial charge in [0.2, 0.25) is 0 Å². The molecule has 2 aromatic rings. The fourth-order valence-corrected chi connectivity index (χ4v) is 3.86. The van der Waals surface area contributed by atoms with Gasteiger partial charge < -0.3 is 9.47 Å². The van der Waals surface area contributed by atoms with Crippen molar-refractivity contribution in [3.63, 3.8) is 0 Å². The minimum absolute atomic E-state index is 0.580. The maximum atomic E-state index is 5.01. The van der Waals surface area contributed by atoms with Crippen LogP contribution >= 0.6 is 61.6 Å². The topological polar surface area (TPSA) is 18.5 Å². The largest absolute Gasteiger partial charge is 0.497 e. The molecule has 0 saturated carbocycles. The lowest BCUT2D eigenvalue weighted by Gasteiger charge is -2.04. The Morgan fingerprint density at radius 3 is 1.05 bits per heavy atom. The number of methoxy groups -OCH3 is 2. The van der Waals surface area contributed by atoms with Gasteiger partial charge in [-0.05, 0) is 59.1 Å². The molecule has 22 heavy (non-hydrogen) atoms. The maximum Gasteiger partial charge on any atom is 0.118 e. The van der Waals surface area contributed by atoms with Crippen LogP contribution in [0.3, 0.4) is 0 Å². The summed E-state index contributed by atoms with van der Waals surface area (Å²) >= 11 is 17.0. The van der Waals surface area contributed by atoms with Crippen LogP contribution in [0.4, 0.5) is 0 Å². The Hall–Kier alpha value is 0.300. The van der Waals surface area contributed by atoms with Crippen LogP contribution in [0.5, 0.6) is 11.5 Å². The van der Waals surface area contributed by atoms with Gasteiger partial charge in [-0.3, -0.25) is 0 Å². The van der Waals surface area contributed by atoms with Gasteiger partial charge in [-0.15, -0.1) is 49.0 Å². The quantitative estimate of drug-likeness (QED) is 0.422. The van der Waals surface area contributed by atoms with Crippen LogP contribution in [0.15, 0.2) is 48.5 Å². The van der Waals surface area contributed by atoms with Gasteiger partial charge in [-0.25, -0.2) is 0 Å². The van der Waals surface area contributed by atoms with Crippen LogP contribution in [-0.4, -0.2) is 14.2 Å². The van der Waals surface area contributed by atoms with E-state index >= 15 is 0 Å². The van der Waals surface area contributed by atoms with E-state index in [2.05, 4.69) is 49.0 Å². The molecule has 0 heterocycles. The molecule has 0 spiro atoms. The third-order valence-electron chi connectivity index (χ3n) is 2.61. The van der Waals surface area contributed by atoms with Gasteiger partial charge in [-0.2, -0.15) is 0 Å². The van der Waals surface area contributed by atoms with Crippen molar-refractivity contribution in [1.82, 2.24) is 0 Å². The number of hydrogen-bond acceptors (Lipinski definition) is 6. The predicted molar refractivity (Wildman–Crippen MR) is 115 cm³/mol. The van der Waals surface area contributed by atoms with E-state index < -0.39 is 12.7 Å². The molecule has 0 aliphatic carbocycles. The van der Waals surface area contributed by atoms with Gasteiger partial charge in [0.25, 0.3) is 0 Å². The van der Waals surface area contributed by atoms with Crippen molar-refractivity contribution >= 4 is 72.3 Å². The molecule has 0 aliphatic rings. The Bertz CT molecular complexity index is 496. The first-order valence-corrected chi connectivity index (χ1v) is 13.4. The van der Waals surface area contributed by atoms with E-state index in [4.69, 9.17) is 9.47 Å². The molecule has 0 N–H and O–H groups in total. The highest BCUT2D eigenvalue weighted by molar-refractivity contribution is 8.80. The highest BCUT2D eigenvalue weighted by Gasteiger charge is 1.99. The molecule has 2 nitrogen and oxygen atoms in total. The monoisotopic (exact) mass is 408 g/mol. The van der Waals surface area contributed by atoms with Crippen LogP contribution in [0.25, 0.3) is 0 Å². The van der Waals surface area contributed by atoms with Crippen molar-refractivity contribution in [3.8, 4) is 11.5 Å². The molecule has 2 rings (SSSR count). The Morgan fingerprint density at radius 2 is 0.864 bits per heavy atom. The van der Waals surface area contributed by atoms with Crippen molar-refractivity contribution in [1.29, 1.82) is 0 Å². The highest BCUT2D eigenvalue weighted by Crippen LogP contribution is 2.44. The Kier molecular flexibility index (Phi) is 10.1. The van der Waals surface area contributed by atoms with Gasteiger partial charge in [0, 0.05) is 12.7 Å². The number of thiol groups is 4. The van der Waals surface area contributed by atoms with Crippen molar-refractivity contribution < 1.29 is 9.47 Å². The maximum absolute atomic E-state index is 5.01. The second kappa shape index (κ2) is 11.0. The molecule has 0 aliphatic heterocycles. The molecule has 0 amide bonds. The lowest BCUT2D eigenvalue weighted by Crippen LogP contribution is -1.93. The Morgan fingerprint density at radius 1 is 0.591 bits per heavy atom. The second-order valence-electron chi connectivity index (χ2n) is 3.97. The summed E-state index contributed by atoms with van der Waals surface area (Å²) in [6.07, 6.45) is -1.16. The molecule has 0 fully saturated rings. The average molecular weight is 409 g/mol. The zero-order chi connectivity index (χ0) is 16.5. The van der Waals surface area contributed by atoms with Crippen LogP contribution in [0.1, 0.15) is 0 Å². The third-order valence-corrected chi connectivity index (χ3v) is 6.90. The summed E-state index contributed by atoms with van der Waals surface area (Å²) < 4.78 is 10.0. The molecule has 0 saturated heterocycles. The molecule has 2 aromatic carbocycles. The molecule has 8 heteroatoms. The van der Waals surface area contributed by atoms with E-state index in [-0.39, 0.29) is 0 Å². The van der Waals surface area contributed by atoms with Crippen molar-refractivity contribution in [2.24, 2.45) is 0 Å². The molecular weight excluding hydrogens is 390 g/mol. The minimum Gasteiger partial charge on any atom is -0.497 e. The van der Waals surface area contributed by atoms with E-state index in [1.54, 1.807) is 14.2 Å². The number of rotatable bonds is 4. The molecule has 0 unspecified atom stereocenters. The first kappa shape index (κ1) is 20.3. The van der Waals surface area contributed by atoms with Crippen LogP contribution < -0.4 is 20.1 Å². The van der Waals surface area contributed by atoms with Gasteiger partial charge in [0.1, 0.15) is 11.5 Å². The third kappa shape index (κ3) is 7.25. The molecule has 0 bridgehead atoms. The molecular formula is C14H18O2P2S4. The highest BCUT2D eigenvalue weighted by atomic mass is 33.1. The van der Waals surface area contributed by atoms with Crippen LogP contribution in [-0.2, 0) is 0 Å². The smallest absolute Gasteiger partial charge is 0.118 e. The number of ether oxygens (including phenoxy) is 2. The summed E-state index contributed by atoms with van der Waals surface area (Å²) in [7, 11) is 3.30. The lowest BCUT2D eigenvalue weighted by molar-refractivity contribution is 0.415. The fraction of sp³-hybridized carbons (Fsp3) is 0.143. The van der Waals surface area contributed by atoms with Gasteiger partial charge in [-0.1, -0.05) is 0 Å². The lowest BCUT2D eigenvalue weighted by atomic mass is 10.3. The van der Waals surface area contributed by atoms with Gasteiger partial charge in [0.15, 0.2) is 0 Å². The standard InChI is InChI=1S/2C7H9OPS2/c2*1-8-6-2-4-7(5-3-6)9(10)11/h2*2-5,10-11H,1H3. The Balaban J connectivity index is 0.000000220. The first-order chi connectivity index (χ1) is 10.5. The zero-order valence-corrected chi connectivity index (χ0v) is 17.5. The summed E-state index contributed by atoms with van der Waals surface area (Å²) in [5.74, 6) is 1.74. The normalized spacial score (nSPS) is 10.2. The van der Waals surface area contributed by atoms with Crippen molar-refractivity contribution in [3.05, 3.63) is 48.5 Å². The van der Waals surface area contributed by atoms with E-state index in [0.717, 1.165) is 22.1 Å². The van der Waals surface area contributed by atoms with Crippen molar-refractivity contribution in [2.45, 2.75) is 0 Å². The number of benzene rings is 2. The van der Waals surface area contributed by atoms with Crippen molar-refractivity contribution in [2.75, 3.05) is 14.2 Å². The summed E-state index contributed by atoms with van der Waals surface area (Å²) in [6, 6.07) is 15.6. The van der Waals surface area contributed by atoms with E-state index in [0.29, 0.717) is 0 Å². The summed E-state index contributed by atoms with van der Waals surface area (Å²) in [6.45, 7) is 0. The summed E-state index contributed by atoms with van der Waals surface area (Å²) in [5, 5.41) is 2.29. The second-order valence-corrected chi connectivity index (χ2v) is 12.9. The van der Waals surface area contributed by atoms with Gasteiger partial charge in [0.05, 0.1) is 14.2 Å². The number of hydrogen-bond donors (Lipinski definition) is 4. The molecule has 0 atom stereocenters. The SMILES string of the molecule is COc1ccc(P(S)S)cc1.COc1ccc(P(S)S)cc1. The molecule has 0 radical (unpaired) electrons. The first-order valence-electron chi connectivity index (χ1n) is 6.11. The van der Waals surface area contributed by atoms with Crippen LogP contribution in [0, 0.1) is 0 Å². The molecule has 0 aromatic heterocycles. The summed E-state index contributed by atoms with van der Waals surface area (Å²) in [5.41, 5.74) is 0. The summed E-state index contributed by atoms with van der Waals surface area (Å²) in [4.78, 5) is 0. The minimum atomic E-state index is -0.580. The zero-order valence-electron chi connectivity index (χ0n) is 12.1. The van der Waals surface area contributed by atoms with E-state index in [9.17, 15) is 0 Å². The van der Waals surface area contributed by atoms with E-state index in [1.807, 2.05) is 48.5 Å². The van der Waals surface area contributed by atoms with E-state index in [1.165, 1.54) is 0 Å². The van der Waals surface area contributed by atoms with Gasteiger partial charge >= 0.3 is 0 Å².